The Hall–Kier alpha value is -2.69. The van der Waals surface area contributed by atoms with Gasteiger partial charge in [0.1, 0.15) is 0 Å². The second kappa shape index (κ2) is 7.73. The lowest BCUT2D eigenvalue weighted by atomic mass is 10.2. The van der Waals surface area contributed by atoms with Gasteiger partial charge in [-0.25, -0.2) is 13.1 Å². The predicted octanol–water partition coefficient (Wildman–Crippen LogP) is 2.04. The second-order valence-electron chi connectivity index (χ2n) is 5.06. The zero-order valence-electron chi connectivity index (χ0n) is 13.1. The minimum absolute atomic E-state index is 0.117. The molecule has 0 radical (unpaired) electrons. The fourth-order valence-corrected chi connectivity index (χ4v) is 2.96. The Kier molecular flexibility index (Phi) is 5.68. The molecule has 0 bridgehead atoms. The smallest absolute Gasteiger partial charge is 0.241 e. The van der Waals surface area contributed by atoms with E-state index in [2.05, 4.69) is 10.0 Å². The van der Waals surface area contributed by atoms with E-state index >= 15 is 0 Å². The molecular formula is C17H17N3O3S. The van der Waals surface area contributed by atoms with E-state index in [0.29, 0.717) is 11.3 Å². The Balaban J connectivity index is 1.95. The molecule has 0 saturated carbocycles. The number of carbonyl (C=O) groups excluding carboxylic acids is 1. The van der Waals surface area contributed by atoms with Crippen LogP contribution in [0.4, 0.5) is 5.69 Å². The molecule has 2 aromatic rings. The van der Waals surface area contributed by atoms with Gasteiger partial charge >= 0.3 is 0 Å². The van der Waals surface area contributed by atoms with E-state index < -0.39 is 15.9 Å². The number of hydrogen-bond donors (Lipinski definition) is 2. The van der Waals surface area contributed by atoms with Crippen molar-refractivity contribution in [3.63, 3.8) is 0 Å². The first-order chi connectivity index (χ1) is 11.4. The van der Waals surface area contributed by atoms with E-state index in [9.17, 15) is 13.2 Å². The molecule has 0 saturated heterocycles. The Morgan fingerprint density at radius 3 is 2.25 bits per heavy atom. The number of carbonyl (C=O) groups is 1. The number of nitrogens with one attached hydrogen (secondary N) is 2. The highest BCUT2D eigenvalue weighted by Crippen LogP contribution is 2.11. The number of aryl methyl sites for hydroxylation is 1. The van der Waals surface area contributed by atoms with Gasteiger partial charge in [-0.1, -0.05) is 19.1 Å². The van der Waals surface area contributed by atoms with E-state index in [-0.39, 0.29) is 11.4 Å². The van der Waals surface area contributed by atoms with Crippen molar-refractivity contribution < 1.29 is 13.2 Å². The third kappa shape index (κ3) is 4.65. The van der Waals surface area contributed by atoms with E-state index in [1.54, 1.807) is 36.4 Å². The van der Waals surface area contributed by atoms with Crippen molar-refractivity contribution in [3.05, 3.63) is 59.7 Å². The molecule has 0 aliphatic carbocycles. The number of amides is 1. The molecule has 24 heavy (non-hydrogen) atoms. The molecule has 0 heterocycles. The minimum Gasteiger partial charge on any atom is -0.325 e. The summed E-state index contributed by atoms with van der Waals surface area (Å²) in [7, 11) is -3.74. The highest BCUT2D eigenvalue weighted by molar-refractivity contribution is 7.89. The molecule has 2 aromatic carbocycles. The first-order valence-corrected chi connectivity index (χ1v) is 8.81. The van der Waals surface area contributed by atoms with Crippen molar-refractivity contribution in [1.82, 2.24) is 4.72 Å². The van der Waals surface area contributed by atoms with Crippen LogP contribution in [0.3, 0.4) is 0 Å². The number of nitriles is 1. The zero-order valence-corrected chi connectivity index (χ0v) is 13.9. The van der Waals surface area contributed by atoms with Gasteiger partial charge in [-0.2, -0.15) is 5.26 Å². The fraction of sp³-hybridized carbons (Fsp3) is 0.176. The molecule has 0 atom stereocenters. The Morgan fingerprint density at radius 1 is 1.08 bits per heavy atom. The van der Waals surface area contributed by atoms with Gasteiger partial charge < -0.3 is 5.32 Å². The van der Waals surface area contributed by atoms with Crippen molar-refractivity contribution in [3.8, 4) is 6.07 Å². The maximum Gasteiger partial charge on any atom is 0.241 e. The topological polar surface area (TPSA) is 99.1 Å². The summed E-state index contributed by atoms with van der Waals surface area (Å²) in [5.74, 6) is -0.492. The van der Waals surface area contributed by atoms with Crippen LogP contribution < -0.4 is 10.0 Å². The largest absolute Gasteiger partial charge is 0.325 e. The molecule has 0 aromatic heterocycles. The summed E-state index contributed by atoms with van der Waals surface area (Å²) >= 11 is 0. The minimum atomic E-state index is -3.74. The summed E-state index contributed by atoms with van der Waals surface area (Å²) in [6.07, 6.45) is 0.820. The van der Waals surface area contributed by atoms with Crippen molar-refractivity contribution >= 4 is 21.6 Å². The number of sulfonamides is 1. The maximum absolute atomic E-state index is 12.1. The van der Waals surface area contributed by atoms with Crippen LogP contribution in [0, 0.1) is 11.3 Å². The number of benzene rings is 2. The summed E-state index contributed by atoms with van der Waals surface area (Å²) in [5.41, 5.74) is 2.00. The number of hydrogen-bond acceptors (Lipinski definition) is 4. The van der Waals surface area contributed by atoms with Gasteiger partial charge in [0.05, 0.1) is 23.1 Å². The average Bonchev–Trinajstić information content (AvgIpc) is 2.61. The first kappa shape index (κ1) is 17.7. The summed E-state index contributed by atoms with van der Waals surface area (Å²) in [6, 6.07) is 14.8. The van der Waals surface area contributed by atoms with Crippen LogP contribution in [0.2, 0.25) is 0 Å². The lowest BCUT2D eigenvalue weighted by Crippen LogP contribution is -2.32. The summed E-state index contributed by atoms with van der Waals surface area (Å²) < 4.78 is 26.6. The number of nitrogens with zero attached hydrogens (tertiary/aromatic N) is 1. The summed E-state index contributed by atoms with van der Waals surface area (Å²) in [4.78, 5) is 12.0. The van der Waals surface area contributed by atoms with Gasteiger partial charge in [0.25, 0.3) is 0 Å². The van der Waals surface area contributed by atoms with Crippen LogP contribution in [0.1, 0.15) is 18.1 Å². The van der Waals surface area contributed by atoms with Gasteiger partial charge in [-0.05, 0) is 48.4 Å². The summed E-state index contributed by atoms with van der Waals surface area (Å²) in [6.45, 7) is 1.60. The molecule has 2 N–H and O–H groups in total. The van der Waals surface area contributed by atoms with Crippen LogP contribution in [-0.4, -0.2) is 20.9 Å². The SMILES string of the molecule is CCc1ccc(S(=O)(=O)NCC(=O)Nc2ccc(C#N)cc2)cc1. The predicted molar refractivity (Wildman–Crippen MR) is 90.8 cm³/mol. The van der Waals surface area contributed by atoms with E-state index in [4.69, 9.17) is 5.26 Å². The van der Waals surface area contributed by atoms with Crippen LogP contribution in [0.5, 0.6) is 0 Å². The highest BCUT2D eigenvalue weighted by Gasteiger charge is 2.15. The Morgan fingerprint density at radius 2 is 1.71 bits per heavy atom. The monoisotopic (exact) mass is 343 g/mol. The lowest BCUT2D eigenvalue weighted by molar-refractivity contribution is -0.115. The van der Waals surface area contributed by atoms with Crippen molar-refractivity contribution in [2.24, 2.45) is 0 Å². The van der Waals surface area contributed by atoms with Crippen LogP contribution in [0.15, 0.2) is 53.4 Å². The molecule has 124 valence electrons. The Bertz CT molecular complexity index is 851. The highest BCUT2D eigenvalue weighted by atomic mass is 32.2. The molecule has 6 nitrogen and oxygen atoms in total. The standard InChI is InChI=1S/C17H17N3O3S/c1-2-13-5-9-16(10-6-13)24(22,23)19-12-17(21)20-15-7-3-14(11-18)4-8-15/h3-10,19H,2,12H2,1H3,(H,20,21). The van der Waals surface area contributed by atoms with Crippen molar-refractivity contribution in [1.29, 1.82) is 5.26 Å². The normalized spacial score (nSPS) is 10.8. The number of rotatable bonds is 6. The quantitative estimate of drug-likeness (QED) is 0.838. The molecule has 2 rings (SSSR count). The summed E-state index contributed by atoms with van der Waals surface area (Å²) in [5, 5.41) is 11.3. The third-order valence-electron chi connectivity index (χ3n) is 3.36. The zero-order chi connectivity index (χ0) is 17.6. The second-order valence-corrected chi connectivity index (χ2v) is 6.83. The van der Waals surface area contributed by atoms with Crippen LogP contribution in [0.25, 0.3) is 0 Å². The number of anilines is 1. The van der Waals surface area contributed by atoms with E-state index in [1.165, 1.54) is 12.1 Å². The Labute approximate surface area is 141 Å². The van der Waals surface area contributed by atoms with Crippen molar-refractivity contribution in [2.45, 2.75) is 18.2 Å². The average molecular weight is 343 g/mol. The van der Waals surface area contributed by atoms with Gasteiger partial charge in [-0.15, -0.1) is 0 Å². The van der Waals surface area contributed by atoms with E-state index in [1.807, 2.05) is 13.0 Å². The molecule has 0 spiro atoms. The molecule has 0 aliphatic heterocycles. The van der Waals surface area contributed by atoms with Gasteiger partial charge in [0, 0.05) is 5.69 Å². The van der Waals surface area contributed by atoms with E-state index in [0.717, 1.165) is 12.0 Å². The molecule has 0 aliphatic rings. The molecule has 0 unspecified atom stereocenters. The van der Waals surface area contributed by atoms with Crippen LogP contribution in [-0.2, 0) is 21.2 Å². The van der Waals surface area contributed by atoms with Gasteiger partial charge in [0.2, 0.25) is 15.9 Å². The molecule has 1 amide bonds. The molecular weight excluding hydrogens is 326 g/mol. The van der Waals surface area contributed by atoms with Crippen LogP contribution >= 0.6 is 0 Å². The fourth-order valence-electron chi connectivity index (χ4n) is 1.98. The lowest BCUT2D eigenvalue weighted by Gasteiger charge is -2.08. The van der Waals surface area contributed by atoms with Crippen molar-refractivity contribution in [2.75, 3.05) is 11.9 Å². The maximum atomic E-state index is 12.1. The molecule has 0 fully saturated rings. The van der Waals surface area contributed by atoms with Gasteiger partial charge in [-0.3, -0.25) is 4.79 Å². The third-order valence-corrected chi connectivity index (χ3v) is 4.78. The molecule has 7 heteroatoms. The van der Waals surface area contributed by atoms with Gasteiger partial charge in [0.15, 0.2) is 0 Å². The first-order valence-electron chi connectivity index (χ1n) is 7.33.